The molecule has 0 radical (unpaired) electrons. The first-order chi connectivity index (χ1) is 10.3. The van der Waals surface area contributed by atoms with Crippen LogP contribution in [-0.2, 0) is 4.79 Å². The number of hydrogen-bond acceptors (Lipinski definition) is 2. The molecule has 4 heteroatoms. The summed E-state index contributed by atoms with van der Waals surface area (Å²) < 4.78 is 13.6. The van der Waals surface area contributed by atoms with E-state index in [0.717, 1.165) is 5.56 Å². The van der Waals surface area contributed by atoms with E-state index < -0.39 is 0 Å². The van der Waals surface area contributed by atoms with Crippen LogP contribution in [0.5, 0.6) is 0 Å². The average Bonchev–Trinajstić information content (AvgIpc) is 2.57. The summed E-state index contributed by atoms with van der Waals surface area (Å²) in [6.07, 6.45) is 1.17. The van der Waals surface area contributed by atoms with Crippen molar-refractivity contribution in [3.05, 3.63) is 82.6 Å². The highest BCUT2D eigenvalue weighted by Gasteiger charge is 2.10. The van der Waals surface area contributed by atoms with E-state index in [-0.39, 0.29) is 5.70 Å². The molecule has 0 fully saturated rings. The van der Waals surface area contributed by atoms with Crippen LogP contribution in [-0.4, -0.2) is 6.29 Å². The summed E-state index contributed by atoms with van der Waals surface area (Å²) in [6.45, 7) is 0. The highest BCUT2D eigenvalue weighted by molar-refractivity contribution is 9.12. The fourth-order valence-electron chi connectivity index (χ4n) is 1.85. The number of allylic oxidation sites excluding steroid dienone is 1. The lowest BCUT2D eigenvalue weighted by molar-refractivity contribution is -0.104. The maximum atomic E-state index is 13.2. The van der Waals surface area contributed by atoms with Crippen molar-refractivity contribution in [3.8, 4) is 0 Å². The third kappa shape index (κ3) is 3.89. The van der Waals surface area contributed by atoms with Crippen LogP contribution in [0.3, 0.4) is 0 Å². The van der Waals surface area contributed by atoms with Crippen molar-refractivity contribution in [3.63, 3.8) is 0 Å². The summed E-state index contributed by atoms with van der Waals surface area (Å²) in [6, 6.07) is 18.3. The summed E-state index contributed by atoms with van der Waals surface area (Å²) in [5.41, 5.74) is 2.28. The van der Waals surface area contributed by atoms with Gasteiger partial charge in [0.25, 0.3) is 0 Å². The zero-order valence-electron chi connectivity index (χ0n) is 11.1. The highest BCUT2D eigenvalue weighted by Crippen LogP contribution is 2.23. The Labute approximate surface area is 131 Å². The molecule has 0 amide bonds. The maximum absolute atomic E-state index is 13.2. The van der Waals surface area contributed by atoms with Gasteiger partial charge in [0.2, 0.25) is 0 Å². The van der Waals surface area contributed by atoms with Gasteiger partial charge in [0.15, 0.2) is 6.29 Å². The number of carbonyl (C=O) groups excluding carboxylic acids is 1. The molecule has 21 heavy (non-hydrogen) atoms. The van der Waals surface area contributed by atoms with Crippen LogP contribution in [0.15, 0.2) is 71.5 Å². The number of halogens is 2. The summed E-state index contributed by atoms with van der Waals surface area (Å²) >= 11 is 3.21. The second-order valence-electron chi connectivity index (χ2n) is 4.22. The van der Waals surface area contributed by atoms with E-state index in [4.69, 9.17) is 0 Å². The van der Waals surface area contributed by atoms with Gasteiger partial charge in [-0.1, -0.05) is 60.7 Å². The molecule has 0 aliphatic heterocycles. The van der Waals surface area contributed by atoms with Crippen LogP contribution in [0.1, 0.15) is 11.1 Å². The lowest BCUT2D eigenvalue weighted by Crippen LogP contribution is -2.12. The SMILES string of the molecule is O=C/C(Br)=C(/N/C(=C\F)c1ccccc1)c1ccccc1. The smallest absolute Gasteiger partial charge is 0.159 e. The predicted octanol–water partition coefficient (Wildman–Crippen LogP) is 4.51. The lowest BCUT2D eigenvalue weighted by atomic mass is 10.1. The number of carbonyl (C=O) groups is 1. The third-order valence-electron chi connectivity index (χ3n) is 2.86. The van der Waals surface area contributed by atoms with Crippen LogP contribution < -0.4 is 5.32 Å². The molecule has 2 nitrogen and oxygen atoms in total. The van der Waals surface area contributed by atoms with Gasteiger partial charge in [0, 0.05) is 5.56 Å². The molecule has 2 rings (SSSR count). The Hall–Kier alpha value is -2.20. The second-order valence-corrected chi connectivity index (χ2v) is 5.07. The zero-order valence-corrected chi connectivity index (χ0v) is 12.7. The number of rotatable bonds is 5. The molecule has 0 aliphatic rings. The zero-order chi connectivity index (χ0) is 15.1. The van der Waals surface area contributed by atoms with Gasteiger partial charge in [-0.3, -0.25) is 4.79 Å². The summed E-state index contributed by atoms with van der Waals surface area (Å²) in [4.78, 5) is 11.1. The van der Waals surface area contributed by atoms with E-state index in [2.05, 4.69) is 21.2 Å². The number of nitrogens with one attached hydrogen (secondary N) is 1. The minimum atomic E-state index is 0.285. The molecule has 106 valence electrons. The highest BCUT2D eigenvalue weighted by atomic mass is 79.9. The Morgan fingerprint density at radius 3 is 1.95 bits per heavy atom. The van der Waals surface area contributed by atoms with Crippen LogP contribution in [0.4, 0.5) is 4.39 Å². The minimum absolute atomic E-state index is 0.285. The third-order valence-corrected chi connectivity index (χ3v) is 3.44. The number of benzene rings is 2. The van der Waals surface area contributed by atoms with Gasteiger partial charge in [-0.15, -0.1) is 0 Å². The molecule has 2 aromatic rings. The van der Waals surface area contributed by atoms with Gasteiger partial charge in [-0.05, 0) is 21.5 Å². The largest absolute Gasteiger partial charge is 0.352 e. The number of aldehydes is 1. The van der Waals surface area contributed by atoms with Gasteiger partial charge in [-0.2, -0.15) is 0 Å². The Kier molecular flexibility index (Phi) is 5.46. The van der Waals surface area contributed by atoms with Crippen molar-refractivity contribution < 1.29 is 9.18 Å². The topological polar surface area (TPSA) is 29.1 Å². The van der Waals surface area contributed by atoms with E-state index >= 15 is 0 Å². The Balaban J connectivity index is 2.39. The molecule has 0 unspecified atom stereocenters. The van der Waals surface area contributed by atoms with Crippen molar-refractivity contribution in [1.29, 1.82) is 0 Å². The summed E-state index contributed by atoms with van der Waals surface area (Å²) in [7, 11) is 0. The summed E-state index contributed by atoms with van der Waals surface area (Å²) in [5, 5.41) is 2.97. The van der Waals surface area contributed by atoms with Gasteiger partial charge < -0.3 is 5.32 Å². The van der Waals surface area contributed by atoms with Crippen molar-refractivity contribution in [2.24, 2.45) is 0 Å². The fraction of sp³-hybridized carbons (Fsp3) is 0. The molecule has 0 aromatic heterocycles. The van der Waals surface area contributed by atoms with Crippen LogP contribution in [0.25, 0.3) is 11.4 Å². The molecular formula is C17H13BrFNO. The first-order valence-corrected chi connectivity index (χ1v) is 7.08. The van der Waals surface area contributed by atoms with Gasteiger partial charge in [0.1, 0.15) is 6.33 Å². The van der Waals surface area contributed by atoms with Crippen molar-refractivity contribution in [1.82, 2.24) is 5.32 Å². The monoisotopic (exact) mass is 345 g/mol. The minimum Gasteiger partial charge on any atom is -0.352 e. The van der Waals surface area contributed by atoms with Gasteiger partial charge in [-0.25, -0.2) is 4.39 Å². The quantitative estimate of drug-likeness (QED) is 0.638. The summed E-state index contributed by atoms with van der Waals surface area (Å²) in [5.74, 6) is 0. The number of hydrogen-bond donors (Lipinski definition) is 1. The Morgan fingerprint density at radius 1 is 0.952 bits per heavy atom. The Bertz CT molecular complexity index is 666. The molecule has 1 N–H and O–H groups in total. The van der Waals surface area contributed by atoms with Crippen molar-refractivity contribution >= 4 is 33.6 Å². The standard InChI is InChI=1S/C17H13BrFNO/c18-15(12-21)17(14-9-5-2-6-10-14)20-16(11-19)13-7-3-1-4-8-13/h1-12,20H/b16-11-,17-15-. The fourth-order valence-corrected chi connectivity index (χ4v) is 2.18. The lowest BCUT2D eigenvalue weighted by Gasteiger charge is -2.14. The van der Waals surface area contributed by atoms with Gasteiger partial charge in [0.05, 0.1) is 15.9 Å². The molecule has 0 aliphatic carbocycles. The van der Waals surface area contributed by atoms with E-state index in [1.54, 1.807) is 12.1 Å². The average molecular weight is 346 g/mol. The Morgan fingerprint density at radius 2 is 1.48 bits per heavy atom. The molecule has 0 saturated carbocycles. The molecule has 2 aromatic carbocycles. The van der Waals surface area contributed by atoms with Crippen LogP contribution in [0.2, 0.25) is 0 Å². The molecule has 0 bridgehead atoms. The molecule has 0 saturated heterocycles. The molecular weight excluding hydrogens is 333 g/mol. The van der Waals surface area contributed by atoms with Crippen molar-refractivity contribution in [2.45, 2.75) is 0 Å². The first-order valence-electron chi connectivity index (χ1n) is 6.29. The van der Waals surface area contributed by atoms with E-state index in [1.807, 2.05) is 48.5 Å². The first kappa shape index (κ1) is 15.2. The predicted molar refractivity (Wildman–Crippen MR) is 87.0 cm³/mol. The van der Waals surface area contributed by atoms with E-state index in [1.165, 1.54) is 0 Å². The molecule has 0 spiro atoms. The van der Waals surface area contributed by atoms with E-state index in [0.29, 0.717) is 28.4 Å². The second kappa shape index (κ2) is 7.55. The van der Waals surface area contributed by atoms with Crippen molar-refractivity contribution in [2.75, 3.05) is 0 Å². The van der Waals surface area contributed by atoms with E-state index in [9.17, 15) is 9.18 Å². The normalized spacial score (nSPS) is 12.6. The van der Waals surface area contributed by atoms with Gasteiger partial charge >= 0.3 is 0 Å². The molecule has 0 atom stereocenters. The van der Waals surface area contributed by atoms with Crippen LogP contribution >= 0.6 is 15.9 Å². The van der Waals surface area contributed by atoms with Crippen LogP contribution in [0, 0.1) is 0 Å². The maximum Gasteiger partial charge on any atom is 0.159 e. The molecule has 0 heterocycles.